The van der Waals surface area contributed by atoms with E-state index < -0.39 is 0 Å². The average Bonchev–Trinajstić information content (AvgIpc) is 2.37. The van der Waals surface area contributed by atoms with Crippen molar-refractivity contribution in [1.29, 1.82) is 0 Å². The summed E-state index contributed by atoms with van der Waals surface area (Å²) in [5, 5.41) is 2.69. The van der Waals surface area contributed by atoms with Crippen molar-refractivity contribution < 1.29 is 9.53 Å². The maximum atomic E-state index is 11.8. The largest absolute Gasteiger partial charge is 0.481 e. The van der Waals surface area contributed by atoms with Crippen LogP contribution in [0.4, 0.5) is 10.6 Å². The van der Waals surface area contributed by atoms with E-state index in [-0.39, 0.29) is 12.1 Å². The third-order valence-electron chi connectivity index (χ3n) is 2.66. The second kappa shape index (κ2) is 6.03. The van der Waals surface area contributed by atoms with Crippen LogP contribution >= 0.6 is 0 Å². The lowest BCUT2D eigenvalue weighted by molar-refractivity contribution is 0.206. The minimum absolute atomic E-state index is 0.179. The third-order valence-corrected chi connectivity index (χ3v) is 2.66. The van der Waals surface area contributed by atoms with Crippen LogP contribution in [-0.2, 0) is 0 Å². The topological polar surface area (TPSA) is 67.4 Å². The molecule has 6 nitrogen and oxygen atoms in total. The van der Waals surface area contributed by atoms with E-state index in [1.54, 1.807) is 18.0 Å². The molecule has 0 radical (unpaired) electrons. The number of aromatic nitrogens is 2. The van der Waals surface area contributed by atoms with Gasteiger partial charge in [-0.2, -0.15) is 0 Å². The van der Waals surface area contributed by atoms with Crippen LogP contribution in [0.25, 0.3) is 0 Å². The summed E-state index contributed by atoms with van der Waals surface area (Å²) in [5.74, 6) is 0.846. The minimum atomic E-state index is -0.194. The van der Waals surface area contributed by atoms with E-state index in [4.69, 9.17) is 4.74 Å². The Labute approximate surface area is 101 Å². The second-order valence-corrected chi connectivity index (χ2v) is 3.74. The molecule has 1 N–H and O–H groups in total. The first-order valence-electron chi connectivity index (χ1n) is 5.48. The van der Waals surface area contributed by atoms with Crippen molar-refractivity contribution in [2.75, 3.05) is 19.5 Å². The molecule has 1 aromatic heterocycles. The molecule has 0 aliphatic heterocycles. The van der Waals surface area contributed by atoms with Gasteiger partial charge in [0, 0.05) is 19.2 Å². The summed E-state index contributed by atoms with van der Waals surface area (Å²) in [6.45, 7) is 4.02. The predicted molar refractivity (Wildman–Crippen MR) is 65.1 cm³/mol. The van der Waals surface area contributed by atoms with Gasteiger partial charge in [0.05, 0.1) is 7.11 Å². The van der Waals surface area contributed by atoms with Gasteiger partial charge >= 0.3 is 6.03 Å². The Morgan fingerprint density at radius 1 is 1.59 bits per heavy atom. The number of amides is 2. The normalized spacial score (nSPS) is 11.8. The summed E-state index contributed by atoms with van der Waals surface area (Å²) in [5.41, 5.74) is 0. The fourth-order valence-corrected chi connectivity index (χ4v) is 1.19. The number of hydrogen-bond acceptors (Lipinski definition) is 4. The Bertz CT molecular complexity index is 383. The average molecular weight is 238 g/mol. The monoisotopic (exact) mass is 238 g/mol. The lowest BCUT2D eigenvalue weighted by Gasteiger charge is -2.23. The molecule has 94 valence electrons. The van der Waals surface area contributed by atoms with Crippen molar-refractivity contribution in [2.24, 2.45) is 0 Å². The number of nitrogens with zero attached hydrogens (tertiary/aromatic N) is 3. The minimum Gasteiger partial charge on any atom is -0.481 e. The van der Waals surface area contributed by atoms with E-state index in [1.807, 2.05) is 13.8 Å². The van der Waals surface area contributed by atoms with E-state index in [2.05, 4.69) is 15.3 Å². The Morgan fingerprint density at radius 3 is 2.88 bits per heavy atom. The van der Waals surface area contributed by atoms with Gasteiger partial charge in [-0.05, 0) is 13.3 Å². The molecular weight excluding hydrogens is 220 g/mol. The first-order valence-corrected chi connectivity index (χ1v) is 5.48. The number of rotatable bonds is 4. The third kappa shape index (κ3) is 3.58. The molecule has 1 atom stereocenters. The summed E-state index contributed by atoms with van der Waals surface area (Å²) in [7, 11) is 3.27. The number of ether oxygens (including phenoxy) is 1. The summed E-state index contributed by atoms with van der Waals surface area (Å²) in [6, 6.07) is 1.56. The van der Waals surface area contributed by atoms with Gasteiger partial charge < -0.3 is 9.64 Å². The highest BCUT2D eigenvalue weighted by atomic mass is 16.5. The first-order chi connectivity index (χ1) is 8.08. The van der Waals surface area contributed by atoms with Crippen LogP contribution in [0, 0.1) is 0 Å². The Morgan fingerprint density at radius 2 is 2.29 bits per heavy atom. The number of hydrogen-bond donors (Lipinski definition) is 1. The van der Waals surface area contributed by atoms with Gasteiger partial charge in [0.2, 0.25) is 5.88 Å². The molecule has 0 fully saturated rings. The highest BCUT2D eigenvalue weighted by molar-refractivity contribution is 5.88. The van der Waals surface area contributed by atoms with Gasteiger partial charge in [0.25, 0.3) is 0 Å². The molecule has 0 saturated heterocycles. The second-order valence-electron chi connectivity index (χ2n) is 3.74. The number of carbonyl (C=O) groups is 1. The zero-order valence-electron chi connectivity index (χ0n) is 10.6. The number of methoxy groups -OCH3 is 1. The Kier molecular flexibility index (Phi) is 4.68. The van der Waals surface area contributed by atoms with E-state index in [0.717, 1.165) is 6.42 Å². The number of anilines is 1. The summed E-state index contributed by atoms with van der Waals surface area (Å²) in [4.78, 5) is 21.3. The molecule has 1 aromatic rings. The van der Waals surface area contributed by atoms with E-state index in [1.165, 1.54) is 13.4 Å². The standard InChI is InChI=1S/C11H18N4O2/c1-5-8(2)15(3)11(16)14-9-6-10(17-4)13-7-12-9/h6-8H,5H2,1-4H3,(H,12,13,14,16). The van der Waals surface area contributed by atoms with E-state index in [9.17, 15) is 4.79 Å². The van der Waals surface area contributed by atoms with Crippen molar-refractivity contribution in [3.63, 3.8) is 0 Å². The van der Waals surface area contributed by atoms with Gasteiger partial charge in [-0.3, -0.25) is 5.32 Å². The zero-order chi connectivity index (χ0) is 12.8. The maximum Gasteiger partial charge on any atom is 0.322 e. The van der Waals surface area contributed by atoms with Gasteiger partial charge in [-0.15, -0.1) is 0 Å². The van der Waals surface area contributed by atoms with Gasteiger partial charge in [0.1, 0.15) is 12.1 Å². The molecule has 6 heteroatoms. The lowest BCUT2D eigenvalue weighted by atomic mass is 10.2. The summed E-state index contributed by atoms with van der Waals surface area (Å²) < 4.78 is 4.95. The molecule has 17 heavy (non-hydrogen) atoms. The summed E-state index contributed by atoms with van der Waals surface area (Å²) in [6.07, 6.45) is 2.24. The molecule has 1 unspecified atom stereocenters. The molecule has 2 amide bonds. The molecule has 1 heterocycles. The summed E-state index contributed by atoms with van der Waals surface area (Å²) >= 11 is 0. The van der Waals surface area contributed by atoms with Crippen LogP contribution in [0.2, 0.25) is 0 Å². The quantitative estimate of drug-likeness (QED) is 0.867. The van der Waals surface area contributed by atoms with Crippen LogP contribution < -0.4 is 10.1 Å². The molecule has 0 aliphatic rings. The highest BCUT2D eigenvalue weighted by Crippen LogP contribution is 2.11. The van der Waals surface area contributed by atoms with Crippen LogP contribution in [-0.4, -0.2) is 41.1 Å². The Hall–Kier alpha value is -1.85. The predicted octanol–water partition coefficient (Wildman–Crippen LogP) is 1.75. The first kappa shape index (κ1) is 13.2. The van der Waals surface area contributed by atoms with Crippen molar-refractivity contribution in [3.8, 4) is 5.88 Å². The molecule has 0 saturated carbocycles. The molecule has 0 aromatic carbocycles. The zero-order valence-corrected chi connectivity index (χ0v) is 10.6. The van der Waals surface area contributed by atoms with Crippen molar-refractivity contribution in [1.82, 2.24) is 14.9 Å². The van der Waals surface area contributed by atoms with Gasteiger partial charge in [-0.1, -0.05) is 6.92 Å². The van der Waals surface area contributed by atoms with E-state index >= 15 is 0 Å². The van der Waals surface area contributed by atoms with Crippen molar-refractivity contribution in [2.45, 2.75) is 26.3 Å². The number of carbonyl (C=O) groups excluding carboxylic acids is 1. The van der Waals surface area contributed by atoms with Crippen molar-refractivity contribution in [3.05, 3.63) is 12.4 Å². The van der Waals surface area contributed by atoms with E-state index in [0.29, 0.717) is 11.7 Å². The molecule has 0 bridgehead atoms. The van der Waals surface area contributed by atoms with Gasteiger partial charge in [-0.25, -0.2) is 14.8 Å². The van der Waals surface area contributed by atoms with Crippen LogP contribution in [0.1, 0.15) is 20.3 Å². The molecular formula is C11H18N4O2. The number of urea groups is 1. The lowest BCUT2D eigenvalue weighted by Crippen LogP contribution is -2.38. The van der Waals surface area contributed by atoms with Crippen LogP contribution in [0.5, 0.6) is 5.88 Å². The molecule has 1 rings (SSSR count). The van der Waals surface area contributed by atoms with Crippen LogP contribution in [0.3, 0.4) is 0 Å². The SMILES string of the molecule is CCC(C)N(C)C(=O)Nc1cc(OC)ncn1. The fraction of sp³-hybridized carbons (Fsp3) is 0.545. The maximum absolute atomic E-state index is 11.8. The number of nitrogens with one attached hydrogen (secondary N) is 1. The highest BCUT2D eigenvalue weighted by Gasteiger charge is 2.14. The van der Waals surface area contributed by atoms with Gasteiger partial charge in [0.15, 0.2) is 0 Å². The Balaban J connectivity index is 2.67. The molecule has 0 spiro atoms. The van der Waals surface area contributed by atoms with Crippen LogP contribution in [0.15, 0.2) is 12.4 Å². The molecule has 0 aliphatic carbocycles. The van der Waals surface area contributed by atoms with Crippen molar-refractivity contribution >= 4 is 11.8 Å². The fourth-order valence-electron chi connectivity index (χ4n) is 1.19. The smallest absolute Gasteiger partial charge is 0.322 e.